The van der Waals surface area contributed by atoms with Crippen LogP contribution in [0.5, 0.6) is 0 Å². The first-order valence-electron chi connectivity index (χ1n) is 3.74. The van der Waals surface area contributed by atoms with Gasteiger partial charge < -0.3 is 0 Å². The predicted molar refractivity (Wildman–Crippen MR) is 48.5 cm³/mol. The van der Waals surface area contributed by atoms with Gasteiger partial charge in [-0.2, -0.15) is 0 Å². The number of rotatable bonds is 0. The van der Waals surface area contributed by atoms with Crippen LogP contribution in [0.2, 0.25) is 5.40 Å². The van der Waals surface area contributed by atoms with Crippen LogP contribution in [0, 0.1) is 0 Å². The third-order valence-corrected chi connectivity index (χ3v) is 1.33. The number of hydrogen-bond donors (Lipinski definition) is 0. The van der Waals surface area contributed by atoms with Crippen molar-refractivity contribution in [1.29, 1.82) is 0 Å². The summed E-state index contributed by atoms with van der Waals surface area (Å²) in [5.74, 6) is 0. The molecule has 2 heteroatoms. The molecule has 0 aromatic carbocycles. The molecule has 68 valence electrons. The summed E-state index contributed by atoms with van der Waals surface area (Å²) in [7, 11) is 5.05. The van der Waals surface area contributed by atoms with Gasteiger partial charge in [-0.25, -0.2) is 0 Å². The number of halogens is 1. The van der Waals surface area contributed by atoms with Crippen LogP contribution in [0.15, 0.2) is 24.3 Å². The summed E-state index contributed by atoms with van der Waals surface area (Å²) in [6.07, 6.45) is 14.0. The van der Waals surface area contributed by atoms with Gasteiger partial charge in [0.15, 0.2) is 0 Å². The third-order valence-electron chi connectivity index (χ3n) is 1.33. The van der Waals surface area contributed by atoms with Crippen molar-refractivity contribution in [3.05, 3.63) is 24.3 Å². The fourth-order valence-electron chi connectivity index (χ4n) is 0.856. The van der Waals surface area contributed by atoms with Gasteiger partial charge >= 0.3 is 31.9 Å². The van der Waals surface area contributed by atoms with Crippen LogP contribution < -0.4 is 0 Å². The molecule has 1 aliphatic carbocycles. The molecule has 0 fully saturated rings. The van der Waals surface area contributed by atoms with Crippen LogP contribution in [0.1, 0.15) is 25.7 Å². The van der Waals surface area contributed by atoms with Crippen molar-refractivity contribution in [3.8, 4) is 0 Å². The van der Waals surface area contributed by atoms with Crippen LogP contribution in [0.4, 0.5) is 0 Å². The Morgan fingerprint density at radius 3 is 1.27 bits per heavy atom. The van der Waals surface area contributed by atoms with Gasteiger partial charge in [0.1, 0.15) is 0 Å². The second kappa shape index (κ2) is 10.4. The van der Waals surface area contributed by atoms with E-state index in [0.717, 1.165) is 0 Å². The zero-order chi connectivity index (χ0) is 8.36. The average molecular weight is 265 g/mol. The first-order chi connectivity index (χ1) is 5.41. The van der Waals surface area contributed by atoms with Gasteiger partial charge in [-0.1, -0.05) is 24.3 Å². The molecule has 0 saturated carbocycles. The molecule has 0 aliphatic heterocycles. The zero-order valence-electron chi connectivity index (χ0n) is 6.83. The Labute approximate surface area is 81.8 Å². The van der Waals surface area contributed by atoms with Crippen LogP contribution in [-0.4, -0.2) is 0 Å². The van der Waals surface area contributed by atoms with E-state index >= 15 is 0 Å². The standard InChI is InChI=1S/C8H12.CH3.ClH.Pd/c1-2-4-6-8-7-5-3-1;;;/h1-2,7-8H,3-6H2;1H3;1H;/q;;;+1/p-1. The summed E-state index contributed by atoms with van der Waals surface area (Å²) in [5.41, 5.74) is 0. The minimum absolute atomic E-state index is 0.422. The quantitative estimate of drug-likeness (QED) is 0.459. The Kier molecular flexibility index (Phi) is 10.8. The molecule has 0 bridgehead atoms. The first-order valence-corrected chi connectivity index (χ1v) is 7.29. The second-order valence-corrected chi connectivity index (χ2v) is 4.22. The molecule has 0 nitrogen and oxygen atoms in total. The first kappa shape index (κ1) is 11.4. The average Bonchev–Trinajstić information content (AvgIpc) is 1.86. The molecule has 0 unspecified atom stereocenters. The van der Waals surface area contributed by atoms with Gasteiger partial charge in [-0.3, -0.25) is 0 Å². The molecule has 0 aromatic heterocycles. The van der Waals surface area contributed by atoms with E-state index in [9.17, 15) is 0 Å². The molecule has 0 heterocycles. The third kappa shape index (κ3) is 10.4. The number of allylic oxidation sites excluding steroid dienone is 4. The van der Waals surface area contributed by atoms with E-state index < -0.39 is 0 Å². The van der Waals surface area contributed by atoms with E-state index in [4.69, 9.17) is 9.53 Å². The summed E-state index contributed by atoms with van der Waals surface area (Å²) >= 11 is 0.422. The van der Waals surface area contributed by atoms with Crippen molar-refractivity contribution in [2.75, 3.05) is 0 Å². The second-order valence-electron chi connectivity index (χ2n) is 2.22. The van der Waals surface area contributed by atoms with E-state index in [2.05, 4.69) is 24.3 Å². The van der Waals surface area contributed by atoms with Crippen LogP contribution >= 0.6 is 9.53 Å². The zero-order valence-corrected chi connectivity index (χ0v) is 9.14. The summed E-state index contributed by atoms with van der Waals surface area (Å²) in [6, 6.07) is 0. The maximum absolute atomic E-state index is 5.05. The van der Waals surface area contributed by atoms with Gasteiger partial charge in [-0.15, -0.1) is 0 Å². The van der Waals surface area contributed by atoms with Crippen molar-refractivity contribution in [2.45, 2.75) is 31.1 Å². The Morgan fingerprint density at radius 1 is 0.909 bits per heavy atom. The van der Waals surface area contributed by atoms with E-state index in [0.29, 0.717) is 17.0 Å². The normalized spacial score (nSPS) is 16.5. The van der Waals surface area contributed by atoms with Gasteiger partial charge in [0.25, 0.3) is 0 Å². The van der Waals surface area contributed by atoms with Gasteiger partial charge in [0.05, 0.1) is 0 Å². The van der Waals surface area contributed by atoms with E-state index in [1.807, 2.05) is 5.40 Å². The molecule has 11 heavy (non-hydrogen) atoms. The topological polar surface area (TPSA) is 0 Å². The molecule has 0 amide bonds. The number of hydrogen-bond acceptors (Lipinski definition) is 0. The Bertz CT molecular complexity index is 92.7. The van der Waals surface area contributed by atoms with E-state index in [1.54, 1.807) is 0 Å². The molecule has 0 spiro atoms. The van der Waals surface area contributed by atoms with E-state index in [1.165, 1.54) is 25.7 Å². The molecule has 0 aromatic rings. The molecule has 1 aliphatic rings. The fourth-order valence-corrected chi connectivity index (χ4v) is 0.856. The van der Waals surface area contributed by atoms with Crippen molar-refractivity contribution in [2.24, 2.45) is 0 Å². The van der Waals surface area contributed by atoms with Crippen LogP contribution in [0.3, 0.4) is 0 Å². The fraction of sp³-hybridized carbons (Fsp3) is 0.556. The van der Waals surface area contributed by atoms with Gasteiger partial charge in [-0.05, 0) is 25.7 Å². The Balaban J connectivity index is 0.000000292. The summed E-state index contributed by atoms with van der Waals surface area (Å²) in [6.45, 7) is 0. The Morgan fingerprint density at radius 2 is 1.09 bits per heavy atom. The van der Waals surface area contributed by atoms with Gasteiger partial charge in [0, 0.05) is 0 Å². The summed E-state index contributed by atoms with van der Waals surface area (Å²) in [4.78, 5) is 0. The molecule has 0 N–H and O–H groups in total. The SMILES string of the molecule is C1=CCCC=CCC1.[CH3][Pd][Cl]. The molecule has 0 atom stereocenters. The van der Waals surface area contributed by atoms with Crippen molar-refractivity contribution in [3.63, 3.8) is 0 Å². The summed E-state index contributed by atoms with van der Waals surface area (Å²) < 4.78 is 0. The van der Waals surface area contributed by atoms with Crippen molar-refractivity contribution in [1.82, 2.24) is 0 Å². The molecule has 0 radical (unpaired) electrons. The molecule has 1 rings (SSSR count). The molecular formula is C9H15ClPd. The van der Waals surface area contributed by atoms with Crippen molar-refractivity contribution < 1.29 is 17.0 Å². The minimum atomic E-state index is 0.422. The van der Waals surface area contributed by atoms with E-state index in [-0.39, 0.29) is 0 Å². The van der Waals surface area contributed by atoms with Crippen LogP contribution in [-0.2, 0) is 17.0 Å². The van der Waals surface area contributed by atoms with Gasteiger partial charge in [0.2, 0.25) is 0 Å². The monoisotopic (exact) mass is 264 g/mol. The Hall–Kier alpha value is 0.432. The predicted octanol–water partition coefficient (Wildman–Crippen LogP) is 3.94. The molecular weight excluding hydrogens is 250 g/mol. The van der Waals surface area contributed by atoms with Crippen molar-refractivity contribution >= 4 is 9.53 Å². The maximum atomic E-state index is 5.05. The van der Waals surface area contributed by atoms with Crippen LogP contribution in [0.25, 0.3) is 0 Å². The summed E-state index contributed by atoms with van der Waals surface area (Å²) in [5, 5.41) is 1.94. The molecule has 0 saturated heterocycles.